The number of anilines is 1. The van der Waals surface area contributed by atoms with E-state index >= 15 is 0 Å². The van der Waals surface area contributed by atoms with Crippen molar-refractivity contribution in [1.29, 1.82) is 5.26 Å². The molecule has 1 saturated heterocycles. The normalized spacial score (nSPS) is 16.7. The van der Waals surface area contributed by atoms with E-state index in [2.05, 4.69) is 6.19 Å². The van der Waals surface area contributed by atoms with E-state index < -0.39 is 0 Å². The molecule has 0 spiro atoms. The first-order valence-corrected chi connectivity index (χ1v) is 9.06. The zero-order valence-electron chi connectivity index (χ0n) is 15.0. The van der Waals surface area contributed by atoms with Crippen LogP contribution in [0, 0.1) is 11.5 Å². The molecule has 2 aromatic carbocycles. The van der Waals surface area contributed by atoms with E-state index in [1.54, 1.807) is 4.90 Å². The third-order valence-corrected chi connectivity index (χ3v) is 4.78. The van der Waals surface area contributed by atoms with Gasteiger partial charge in [0.15, 0.2) is 6.19 Å². The standard InChI is InChI=1S/C21H21N5O/c22-15-25-12-4-5-17(14-25)26-21(23)13-20(24-26)16-8-10-19(11-9-16)27-18-6-2-1-3-7-18/h1-3,6-11,13,17H,4-5,12,14,23H2. The number of benzene rings is 2. The van der Waals surface area contributed by atoms with E-state index in [1.165, 1.54) is 0 Å². The Morgan fingerprint density at radius 1 is 1.07 bits per heavy atom. The number of nitrogen functional groups attached to an aromatic ring is 1. The van der Waals surface area contributed by atoms with Gasteiger partial charge in [0.2, 0.25) is 0 Å². The lowest BCUT2D eigenvalue weighted by Gasteiger charge is -2.29. The van der Waals surface area contributed by atoms with E-state index in [9.17, 15) is 0 Å². The summed E-state index contributed by atoms with van der Waals surface area (Å²) in [6.45, 7) is 1.47. The van der Waals surface area contributed by atoms with Crippen molar-refractivity contribution in [2.24, 2.45) is 0 Å². The van der Waals surface area contributed by atoms with Crippen LogP contribution in [-0.4, -0.2) is 27.8 Å². The summed E-state index contributed by atoms with van der Waals surface area (Å²) in [5.41, 5.74) is 8.01. The van der Waals surface area contributed by atoms with E-state index in [0.29, 0.717) is 12.4 Å². The summed E-state index contributed by atoms with van der Waals surface area (Å²) in [7, 11) is 0. The van der Waals surface area contributed by atoms with Gasteiger partial charge in [0.1, 0.15) is 17.3 Å². The van der Waals surface area contributed by atoms with Crippen LogP contribution in [-0.2, 0) is 0 Å². The van der Waals surface area contributed by atoms with Crippen LogP contribution in [0.15, 0.2) is 60.7 Å². The Bertz CT molecular complexity index is 943. The highest BCUT2D eigenvalue weighted by molar-refractivity contribution is 5.63. The number of nitrogens with zero attached hydrogens (tertiary/aromatic N) is 4. The Morgan fingerprint density at radius 3 is 2.56 bits per heavy atom. The van der Waals surface area contributed by atoms with Crippen molar-refractivity contribution in [2.75, 3.05) is 18.8 Å². The molecule has 1 fully saturated rings. The van der Waals surface area contributed by atoms with Gasteiger partial charge in [0, 0.05) is 18.2 Å². The summed E-state index contributed by atoms with van der Waals surface area (Å²) in [5.74, 6) is 2.20. The number of likely N-dealkylation sites (tertiary alicyclic amines) is 1. The third kappa shape index (κ3) is 3.72. The van der Waals surface area contributed by atoms with Gasteiger partial charge in [-0.1, -0.05) is 18.2 Å². The minimum absolute atomic E-state index is 0.132. The van der Waals surface area contributed by atoms with Crippen molar-refractivity contribution < 1.29 is 4.74 Å². The molecule has 6 heteroatoms. The molecule has 1 aromatic heterocycles. The number of aromatic nitrogens is 2. The van der Waals surface area contributed by atoms with E-state index in [-0.39, 0.29) is 6.04 Å². The number of para-hydroxylation sites is 1. The molecule has 4 rings (SSSR count). The predicted molar refractivity (Wildman–Crippen MR) is 104 cm³/mol. The molecular formula is C21H21N5O. The molecule has 1 aliphatic rings. The van der Waals surface area contributed by atoms with Gasteiger partial charge in [0.05, 0.1) is 18.3 Å². The average molecular weight is 359 g/mol. The highest BCUT2D eigenvalue weighted by Gasteiger charge is 2.23. The molecule has 0 aliphatic carbocycles. The molecule has 0 radical (unpaired) electrons. The third-order valence-electron chi connectivity index (χ3n) is 4.78. The van der Waals surface area contributed by atoms with E-state index in [0.717, 1.165) is 42.1 Å². The van der Waals surface area contributed by atoms with Crippen LogP contribution in [0.5, 0.6) is 11.5 Å². The number of nitrogens with two attached hydrogens (primary N) is 1. The number of hydrogen-bond donors (Lipinski definition) is 1. The molecule has 6 nitrogen and oxygen atoms in total. The molecule has 27 heavy (non-hydrogen) atoms. The van der Waals surface area contributed by atoms with Crippen LogP contribution in [0.1, 0.15) is 18.9 Å². The quantitative estimate of drug-likeness (QED) is 0.711. The van der Waals surface area contributed by atoms with Gasteiger partial charge in [0.25, 0.3) is 0 Å². The van der Waals surface area contributed by atoms with Crippen molar-refractivity contribution in [2.45, 2.75) is 18.9 Å². The molecule has 1 aliphatic heterocycles. The van der Waals surface area contributed by atoms with Crippen molar-refractivity contribution in [3.63, 3.8) is 0 Å². The Kier molecular flexibility index (Phi) is 4.67. The first kappa shape index (κ1) is 17.0. The summed E-state index contributed by atoms with van der Waals surface area (Å²) in [6.07, 6.45) is 4.18. The fourth-order valence-corrected chi connectivity index (χ4v) is 3.41. The Labute approximate surface area is 158 Å². The van der Waals surface area contributed by atoms with Crippen molar-refractivity contribution >= 4 is 5.82 Å². The zero-order chi connectivity index (χ0) is 18.6. The number of rotatable bonds is 4. The highest BCUT2D eigenvalue weighted by Crippen LogP contribution is 2.29. The Hall–Kier alpha value is -3.46. The molecule has 0 amide bonds. The monoisotopic (exact) mass is 359 g/mol. The van der Waals surface area contributed by atoms with Crippen LogP contribution in [0.3, 0.4) is 0 Å². The molecule has 136 valence electrons. The highest BCUT2D eigenvalue weighted by atomic mass is 16.5. The van der Waals surface area contributed by atoms with Gasteiger partial charge in [-0.05, 0) is 49.2 Å². The average Bonchev–Trinajstić information content (AvgIpc) is 3.11. The Balaban J connectivity index is 1.51. The lowest BCUT2D eigenvalue weighted by atomic mass is 10.1. The summed E-state index contributed by atoms with van der Waals surface area (Å²) in [4.78, 5) is 1.77. The molecule has 1 unspecified atom stereocenters. The molecule has 2 heterocycles. The maximum absolute atomic E-state index is 9.14. The number of nitriles is 1. The van der Waals surface area contributed by atoms with Gasteiger partial charge in [-0.2, -0.15) is 10.4 Å². The Morgan fingerprint density at radius 2 is 1.81 bits per heavy atom. The molecule has 0 bridgehead atoms. The van der Waals surface area contributed by atoms with Crippen LogP contribution in [0.25, 0.3) is 11.3 Å². The second-order valence-corrected chi connectivity index (χ2v) is 6.68. The fraction of sp³-hybridized carbons (Fsp3) is 0.238. The summed E-state index contributed by atoms with van der Waals surface area (Å²) in [5, 5.41) is 13.8. The van der Waals surface area contributed by atoms with Gasteiger partial charge in [-0.15, -0.1) is 0 Å². The molecular weight excluding hydrogens is 338 g/mol. The number of hydrogen-bond acceptors (Lipinski definition) is 5. The first-order chi connectivity index (χ1) is 13.2. The topological polar surface area (TPSA) is 80.1 Å². The van der Waals surface area contributed by atoms with Crippen LogP contribution in [0.4, 0.5) is 5.82 Å². The van der Waals surface area contributed by atoms with E-state index in [1.807, 2.05) is 65.3 Å². The van der Waals surface area contributed by atoms with Crippen LogP contribution < -0.4 is 10.5 Å². The molecule has 0 saturated carbocycles. The summed E-state index contributed by atoms with van der Waals surface area (Å²) >= 11 is 0. The molecule has 3 aromatic rings. The maximum Gasteiger partial charge on any atom is 0.179 e. The SMILES string of the molecule is N#CN1CCCC(n2nc(-c3ccc(Oc4ccccc4)cc3)cc2N)C1. The fourth-order valence-electron chi connectivity index (χ4n) is 3.41. The van der Waals surface area contributed by atoms with Gasteiger partial charge < -0.3 is 15.4 Å². The molecule has 2 N–H and O–H groups in total. The van der Waals surface area contributed by atoms with Crippen molar-refractivity contribution in [3.8, 4) is 28.9 Å². The molecule has 1 atom stereocenters. The zero-order valence-corrected chi connectivity index (χ0v) is 15.0. The van der Waals surface area contributed by atoms with Crippen molar-refractivity contribution in [3.05, 3.63) is 60.7 Å². The van der Waals surface area contributed by atoms with Crippen LogP contribution >= 0.6 is 0 Å². The first-order valence-electron chi connectivity index (χ1n) is 9.06. The van der Waals surface area contributed by atoms with Gasteiger partial charge in [-0.3, -0.25) is 0 Å². The van der Waals surface area contributed by atoms with Crippen molar-refractivity contribution in [1.82, 2.24) is 14.7 Å². The second kappa shape index (κ2) is 7.42. The predicted octanol–water partition coefficient (Wildman–Crippen LogP) is 4.04. The van der Waals surface area contributed by atoms with E-state index in [4.69, 9.17) is 20.8 Å². The number of piperidine rings is 1. The largest absolute Gasteiger partial charge is 0.457 e. The van der Waals surface area contributed by atoms with Gasteiger partial charge >= 0.3 is 0 Å². The second-order valence-electron chi connectivity index (χ2n) is 6.68. The smallest absolute Gasteiger partial charge is 0.179 e. The van der Waals surface area contributed by atoms with Gasteiger partial charge in [-0.25, -0.2) is 4.68 Å². The summed E-state index contributed by atoms with van der Waals surface area (Å²) < 4.78 is 7.69. The minimum Gasteiger partial charge on any atom is -0.457 e. The summed E-state index contributed by atoms with van der Waals surface area (Å²) in [6, 6.07) is 19.5. The lowest BCUT2D eigenvalue weighted by Crippen LogP contribution is -2.34. The number of ether oxygens (including phenoxy) is 1. The minimum atomic E-state index is 0.132. The van der Waals surface area contributed by atoms with Crippen LogP contribution in [0.2, 0.25) is 0 Å². The lowest BCUT2D eigenvalue weighted by molar-refractivity contribution is 0.235. The maximum atomic E-state index is 9.14.